The van der Waals surface area contributed by atoms with Crippen molar-refractivity contribution >= 4 is 0 Å². The van der Waals surface area contributed by atoms with Crippen LogP contribution in [0.1, 0.15) is 12.8 Å². The normalized spacial score (nSPS) is 38.6. The van der Waals surface area contributed by atoms with Gasteiger partial charge in [-0.3, -0.25) is 0 Å². The van der Waals surface area contributed by atoms with Crippen molar-refractivity contribution in [2.24, 2.45) is 5.92 Å². The molecule has 4 N–H and O–H groups in total. The summed E-state index contributed by atoms with van der Waals surface area (Å²) in [4.78, 5) is 0. The molecule has 0 aliphatic carbocycles. The summed E-state index contributed by atoms with van der Waals surface area (Å²) in [6, 6.07) is 0. The number of ether oxygens (including phenoxy) is 1. The lowest BCUT2D eigenvalue weighted by Gasteiger charge is -2.36. The molecule has 1 aliphatic rings. The van der Waals surface area contributed by atoms with Crippen molar-refractivity contribution in [1.82, 2.24) is 0 Å². The lowest BCUT2D eigenvalue weighted by atomic mass is 9.89. The Kier molecular flexibility index (Phi) is 4.77. The second kappa shape index (κ2) is 5.63. The predicted molar refractivity (Wildman–Crippen MR) is 48.6 cm³/mol. The molecule has 1 aliphatic heterocycles. The second-order valence-corrected chi connectivity index (χ2v) is 3.66. The highest BCUT2D eigenvalue weighted by Crippen LogP contribution is 2.23. The fourth-order valence-electron chi connectivity index (χ4n) is 1.71. The van der Waals surface area contributed by atoms with E-state index in [1.165, 1.54) is 0 Å². The van der Waals surface area contributed by atoms with Gasteiger partial charge in [0.2, 0.25) is 0 Å². The molecule has 1 rings (SSSR count). The van der Waals surface area contributed by atoms with Crippen LogP contribution < -0.4 is 0 Å². The van der Waals surface area contributed by atoms with Crippen LogP contribution in [0.3, 0.4) is 0 Å². The van der Waals surface area contributed by atoms with E-state index in [2.05, 4.69) is 0 Å². The maximum atomic E-state index is 9.64. The molecule has 5 nitrogen and oxygen atoms in total. The molecule has 0 aromatic heterocycles. The summed E-state index contributed by atoms with van der Waals surface area (Å²) in [6.07, 6.45) is -1.38. The van der Waals surface area contributed by atoms with Gasteiger partial charge in [0.05, 0.1) is 19.3 Å². The minimum absolute atomic E-state index is 0.0722. The van der Waals surface area contributed by atoms with Crippen molar-refractivity contribution in [2.75, 3.05) is 19.8 Å². The first-order chi connectivity index (χ1) is 6.70. The van der Waals surface area contributed by atoms with Gasteiger partial charge in [-0.2, -0.15) is 0 Å². The molecule has 0 aromatic carbocycles. The Balaban J connectivity index is 2.42. The minimum Gasteiger partial charge on any atom is -0.396 e. The highest BCUT2D eigenvalue weighted by atomic mass is 16.5. The number of aliphatic hydroxyl groups is 4. The van der Waals surface area contributed by atoms with Gasteiger partial charge < -0.3 is 25.2 Å². The molecule has 0 amide bonds. The zero-order valence-corrected chi connectivity index (χ0v) is 8.04. The second-order valence-electron chi connectivity index (χ2n) is 3.66. The average Bonchev–Trinajstić information content (AvgIpc) is 2.20. The van der Waals surface area contributed by atoms with Gasteiger partial charge in [0.15, 0.2) is 0 Å². The van der Waals surface area contributed by atoms with Crippen LogP contribution in [0.5, 0.6) is 0 Å². The quantitative estimate of drug-likeness (QED) is 0.449. The predicted octanol–water partition coefficient (Wildman–Crippen LogP) is -1.51. The topological polar surface area (TPSA) is 90.2 Å². The largest absolute Gasteiger partial charge is 0.396 e. The number of hydrogen-bond donors (Lipinski definition) is 4. The first-order valence-corrected chi connectivity index (χ1v) is 4.90. The van der Waals surface area contributed by atoms with Crippen LogP contribution in [0.15, 0.2) is 0 Å². The molecule has 0 unspecified atom stereocenters. The van der Waals surface area contributed by atoms with Crippen molar-refractivity contribution < 1.29 is 25.2 Å². The molecule has 0 radical (unpaired) electrons. The van der Waals surface area contributed by atoms with Crippen LogP contribution in [0.25, 0.3) is 0 Å². The number of rotatable bonds is 4. The van der Waals surface area contributed by atoms with E-state index < -0.39 is 18.3 Å². The van der Waals surface area contributed by atoms with E-state index in [0.29, 0.717) is 19.4 Å². The van der Waals surface area contributed by atoms with Crippen LogP contribution in [0, 0.1) is 5.92 Å². The number of aliphatic hydroxyl groups excluding tert-OH is 4. The summed E-state index contributed by atoms with van der Waals surface area (Å²) in [7, 11) is 0. The Hall–Kier alpha value is -0.200. The van der Waals surface area contributed by atoms with Gasteiger partial charge in [-0.05, 0) is 12.8 Å². The Morgan fingerprint density at radius 2 is 1.86 bits per heavy atom. The highest BCUT2D eigenvalue weighted by Gasteiger charge is 2.37. The molecule has 0 spiro atoms. The van der Waals surface area contributed by atoms with Crippen molar-refractivity contribution in [3.8, 4) is 0 Å². The van der Waals surface area contributed by atoms with Crippen LogP contribution >= 0.6 is 0 Å². The van der Waals surface area contributed by atoms with E-state index in [1.54, 1.807) is 0 Å². The van der Waals surface area contributed by atoms with Gasteiger partial charge >= 0.3 is 0 Å². The van der Waals surface area contributed by atoms with Gasteiger partial charge in [-0.25, -0.2) is 0 Å². The van der Waals surface area contributed by atoms with Crippen LogP contribution in [0.4, 0.5) is 0 Å². The minimum atomic E-state index is -1.03. The lowest BCUT2D eigenvalue weighted by Crippen LogP contribution is -2.51. The van der Waals surface area contributed by atoms with Gasteiger partial charge in [-0.1, -0.05) is 0 Å². The fourth-order valence-corrected chi connectivity index (χ4v) is 1.71. The summed E-state index contributed by atoms with van der Waals surface area (Å²) in [5, 5.41) is 36.6. The van der Waals surface area contributed by atoms with Crippen molar-refractivity contribution in [3.63, 3.8) is 0 Å². The summed E-state index contributed by atoms with van der Waals surface area (Å²) < 4.78 is 5.18. The van der Waals surface area contributed by atoms with Crippen LogP contribution in [-0.2, 0) is 4.74 Å². The first kappa shape index (κ1) is 11.9. The zero-order chi connectivity index (χ0) is 10.6. The SMILES string of the molecule is OCCC[C@H]1CO[C@H](CO)[C@H](O)[C@@H]1O. The molecule has 0 aromatic rings. The van der Waals surface area contributed by atoms with Crippen molar-refractivity contribution in [3.05, 3.63) is 0 Å². The maximum Gasteiger partial charge on any atom is 0.109 e. The Morgan fingerprint density at radius 1 is 1.14 bits per heavy atom. The van der Waals surface area contributed by atoms with E-state index in [4.69, 9.17) is 14.9 Å². The Bertz CT molecular complexity index is 163. The molecule has 14 heavy (non-hydrogen) atoms. The van der Waals surface area contributed by atoms with Gasteiger partial charge in [-0.15, -0.1) is 0 Å². The van der Waals surface area contributed by atoms with E-state index >= 15 is 0 Å². The van der Waals surface area contributed by atoms with Crippen LogP contribution in [-0.4, -0.2) is 58.6 Å². The molecular weight excluding hydrogens is 188 g/mol. The van der Waals surface area contributed by atoms with E-state index in [1.807, 2.05) is 0 Å². The lowest BCUT2D eigenvalue weighted by molar-refractivity contribution is -0.176. The standard InChI is InChI=1S/C9H18O5/c10-3-1-2-6-5-14-7(4-11)9(13)8(6)12/h6-13H,1-5H2/t6-,7+,8+,9-/m0/s1. The zero-order valence-electron chi connectivity index (χ0n) is 8.04. The maximum absolute atomic E-state index is 9.64. The monoisotopic (exact) mass is 206 g/mol. The molecule has 1 saturated heterocycles. The molecule has 1 heterocycles. The molecule has 4 atom stereocenters. The van der Waals surface area contributed by atoms with Gasteiger partial charge in [0.25, 0.3) is 0 Å². The Labute approximate surface area is 82.9 Å². The third kappa shape index (κ3) is 2.65. The summed E-state index contributed by atoms with van der Waals surface area (Å²) in [5.41, 5.74) is 0. The molecule has 84 valence electrons. The molecule has 0 saturated carbocycles. The van der Waals surface area contributed by atoms with E-state index in [-0.39, 0.29) is 19.1 Å². The van der Waals surface area contributed by atoms with Crippen molar-refractivity contribution in [1.29, 1.82) is 0 Å². The molecular formula is C9H18O5. The average molecular weight is 206 g/mol. The Morgan fingerprint density at radius 3 is 2.43 bits per heavy atom. The molecule has 5 heteroatoms. The first-order valence-electron chi connectivity index (χ1n) is 4.90. The van der Waals surface area contributed by atoms with Gasteiger partial charge in [0, 0.05) is 12.5 Å². The third-order valence-electron chi connectivity index (χ3n) is 2.65. The number of hydrogen-bond acceptors (Lipinski definition) is 5. The van der Waals surface area contributed by atoms with Crippen molar-refractivity contribution in [2.45, 2.75) is 31.2 Å². The molecule has 1 fully saturated rings. The highest BCUT2D eigenvalue weighted by molar-refractivity contribution is 4.86. The summed E-state index contributed by atoms with van der Waals surface area (Å²) in [5.74, 6) is -0.153. The summed E-state index contributed by atoms with van der Waals surface area (Å²) in [6.45, 7) is 0.108. The van der Waals surface area contributed by atoms with Crippen LogP contribution in [0.2, 0.25) is 0 Å². The van der Waals surface area contributed by atoms with Gasteiger partial charge in [0.1, 0.15) is 12.2 Å². The fraction of sp³-hybridized carbons (Fsp3) is 1.00. The smallest absolute Gasteiger partial charge is 0.109 e. The molecule has 0 bridgehead atoms. The van der Waals surface area contributed by atoms with E-state index in [9.17, 15) is 10.2 Å². The van der Waals surface area contributed by atoms with E-state index in [0.717, 1.165) is 0 Å². The summed E-state index contributed by atoms with van der Waals surface area (Å²) >= 11 is 0. The third-order valence-corrected chi connectivity index (χ3v) is 2.65.